The molecule has 22 heavy (non-hydrogen) atoms. The van der Waals surface area contributed by atoms with Gasteiger partial charge in [-0.25, -0.2) is 5.43 Å². The third kappa shape index (κ3) is 3.67. The van der Waals surface area contributed by atoms with E-state index in [0.717, 1.165) is 0 Å². The molecule has 0 fully saturated rings. The largest absolute Gasteiger partial charge is 0.504 e. The van der Waals surface area contributed by atoms with Gasteiger partial charge in [-0.1, -0.05) is 17.7 Å². The van der Waals surface area contributed by atoms with Gasteiger partial charge >= 0.3 is 0 Å². The van der Waals surface area contributed by atoms with Gasteiger partial charge in [0.05, 0.1) is 13.3 Å². The normalized spacial score (nSPS) is 10.6. The summed E-state index contributed by atoms with van der Waals surface area (Å²) in [4.78, 5) is 11.8. The zero-order valence-electron chi connectivity index (χ0n) is 11.6. The number of ether oxygens (including phenoxy) is 1. The van der Waals surface area contributed by atoms with Crippen molar-refractivity contribution in [1.82, 2.24) is 5.43 Å². The van der Waals surface area contributed by atoms with Gasteiger partial charge in [-0.3, -0.25) is 4.79 Å². The predicted octanol–water partition coefficient (Wildman–Crippen LogP) is 2.52. The van der Waals surface area contributed by atoms with Gasteiger partial charge in [0.1, 0.15) is 0 Å². The summed E-state index contributed by atoms with van der Waals surface area (Å²) in [7, 11) is 1.36. The van der Waals surface area contributed by atoms with Gasteiger partial charge in [-0.05, 0) is 30.3 Å². The molecule has 6 nitrogen and oxygen atoms in total. The number of carbonyl (C=O) groups excluding carboxylic acids is 1. The Bertz CT molecular complexity index is 731. The van der Waals surface area contributed by atoms with Gasteiger partial charge in [0.15, 0.2) is 11.5 Å². The Hall–Kier alpha value is -2.73. The quantitative estimate of drug-likeness (QED) is 0.458. The van der Waals surface area contributed by atoms with Gasteiger partial charge < -0.3 is 14.9 Å². The van der Waals surface area contributed by atoms with Gasteiger partial charge in [0, 0.05) is 16.1 Å². The van der Waals surface area contributed by atoms with Crippen molar-refractivity contribution in [3.05, 3.63) is 52.5 Å². The summed E-state index contributed by atoms with van der Waals surface area (Å²) >= 11 is 5.80. The lowest BCUT2D eigenvalue weighted by atomic mass is 10.2. The van der Waals surface area contributed by atoms with Crippen LogP contribution in [0, 0.1) is 0 Å². The summed E-state index contributed by atoms with van der Waals surface area (Å²) < 4.78 is 4.90. The second-order valence-electron chi connectivity index (χ2n) is 4.30. The zero-order valence-corrected chi connectivity index (χ0v) is 12.3. The monoisotopic (exact) mass is 320 g/mol. The molecule has 0 unspecified atom stereocenters. The predicted molar refractivity (Wildman–Crippen MR) is 82.8 cm³/mol. The van der Waals surface area contributed by atoms with E-state index >= 15 is 0 Å². The molecule has 0 bridgehead atoms. The van der Waals surface area contributed by atoms with E-state index in [0.29, 0.717) is 16.1 Å². The van der Waals surface area contributed by atoms with Crippen molar-refractivity contribution < 1.29 is 19.7 Å². The lowest BCUT2D eigenvalue weighted by molar-refractivity contribution is 0.0955. The highest BCUT2D eigenvalue weighted by Crippen LogP contribution is 2.35. The van der Waals surface area contributed by atoms with Gasteiger partial charge in [-0.15, -0.1) is 0 Å². The van der Waals surface area contributed by atoms with Crippen molar-refractivity contribution in [3.8, 4) is 17.2 Å². The van der Waals surface area contributed by atoms with Crippen LogP contribution in [0.4, 0.5) is 0 Å². The molecular weight excluding hydrogens is 308 g/mol. The molecule has 7 heteroatoms. The van der Waals surface area contributed by atoms with E-state index in [9.17, 15) is 15.0 Å². The maximum Gasteiger partial charge on any atom is 0.271 e. The second kappa shape index (κ2) is 6.82. The van der Waals surface area contributed by atoms with Gasteiger partial charge in [-0.2, -0.15) is 5.10 Å². The number of nitrogens with zero attached hydrogens (tertiary/aromatic N) is 1. The molecular formula is C15H13ClN2O4. The van der Waals surface area contributed by atoms with E-state index in [-0.39, 0.29) is 17.2 Å². The maximum absolute atomic E-state index is 11.8. The number of carbonyl (C=O) groups is 1. The van der Waals surface area contributed by atoms with Crippen LogP contribution in [0.1, 0.15) is 15.9 Å². The highest BCUT2D eigenvalue weighted by Gasteiger charge is 2.09. The average Bonchev–Trinajstić information content (AvgIpc) is 2.50. The molecule has 2 aromatic rings. The first-order valence-corrected chi connectivity index (χ1v) is 6.58. The molecule has 0 aliphatic rings. The van der Waals surface area contributed by atoms with Crippen molar-refractivity contribution in [2.75, 3.05) is 7.11 Å². The molecule has 0 saturated carbocycles. The fourth-order valence-corrected chi connectivity index (χ4v) is 1.89. The topological polar surface area (TPSA) is 91.2 Å². The fraction of sp³-hybridized carbons (Fsp3) is 0.0667. The number of rotatable bonds is 4. The number of amides is 1. The van der Waals surface area contributed by atoms with Crippen LogP contribution in [-0.4, -0.2) is 29.4 Å². The number of methoxy groups -OCH3 is 1. The van der Waals surface area contributed by atoms with Crippen LogP contribution in [0.2, 0.25) is 5.02 Å². The standard InChI is InChI=1S/C15H13ClN2O4/c1-22-13-6-9(5-12(19)14(13)20)8-17-18-15(21)10-3-2-4-11(16)7-10/h2-8,19-20H,1H3,(H,18,21)/b17-8+. The highest BCUT2D eigenvalue weighted by atomic mass is 35.5. The van der Waals surface area contributed by atoms with Crippen LogP contribution in [0.25, 0.3) is 0 Å². The fourth-order valence-electron chi connectivity index (χ4n) is 1.70. The summed E-state index contributed by atoms with van der Waals surface area (Å²) in [5.41, 5.74) is 3.15. The summed E-state index contributed by atoms with van der Waals surface area (Å²) in [5, 5.41) is 23.3. The number of hydrogen-bond donors (Lipinski definition) is 3. The molecule has 0 radical (unpaired) electrons. The van der Waals surface area contributed by atoms with Crippen LogP contribution in [0.3, 0.4) is 0 Å². The molecule has 3 N–H and O–H groups in total. The highest BCUT2D eigenvalue weighted by molar-refractivity contribution is 6.30. The van der Waals surface area contributed by atoms with Gasteiger partial charge in [0.25, 0.3) is 5.91 Å². The van der Waals surface area contributed by atoms with Crippen molar-refractivity contribution in [2.45, 2.75) is 0 Å². The molecule has 0 heterocycles. The molecule has 114 valence electrons. The first-order chi connectivity index (χ1) is 10.5. The van der Waals surface area contributed by atoms with E-state index in [2.05, 4.69) is 10.5 Å². The second-order valence-corrected chi connectivity index (χ2v) is 4.74. The van der Waals surface area contributed by atoms with Crippen LogP contribution < -0.4 is 10.2 Å². The minimum atomic E-state index is -0.422. The summed E-state index contributed by atoms with van der Waals surface area (Å²) in [6, 6.07) is 9.18. The Labute approximate surface area is 131 Å². The molecule has 1 amide bonds. The molecule has 2 rings (SSSR count). The van der Waals surface area contributed by atoms with Crippen LogP contribution in [0.15, 0.2) is 41.5 Å². The van der Waals surface area contributed by atoms with Crippen LogP contribution in [0.5, 0.6) is 17.2 Å². The summed E-state index contributed by atoms with van der Waals surface area (Å²) in [6.45, 7) is 0. The molecule has 0 aromatic heterocycles. The van der Waals surface area contributed by atoms with Gasteiger partial charge in [0.2, 0.25) is 5.75 Å². The number of halogens is 1. The van der Waals surface area contributed by atoms with Crippen molar-refractivity contribution in [1.29, 1.82) is 0 Å². The molecule has 0 atom stereocenters. The molecule has 2 aromatic carbocycles. The SMILES string of the molecule is COc1cc(/C=N/NC(=O)c2cccc(Cl)c2)cc(O)c1O. The van der Waals surface area contributed by atoms with E-state index < -0.39 is 5.91 Å². The minimum absolute atomic E-state index is 0.0996. The summed E-state index contributed by atoms with van der Waals surface area (Å²) in [6.07, 6.45) is 1.31. The molecule has 0 saturated heterocycles. The Morgan fingerprint density at radius 1 is 1.32 bits per heavy atom. The van der Waals surface area contributed by atoms with Crippen molar-refractivity contribution in [2.24, 2.45) is 5.10 Å². The number of phenolic OH excluding ortho intramolecular Hbond substituents is 2. The van der Waals surface area contributed by atoms with Crippen LogP contribution in [-0.2, 0) is 0 Å². The van der Waals surface area contributed by atoms with Crippen molar-refractivity contribution in [3.63, 3.8) is 0 Å². The Kier molecular flexibility index (Phi) is 4.85. The maximum atomic E-state index is 11.8. The lowest BCUT2D eigenvalue weighted by Gasteiger charge is -2.06. The van der Waals surface area contributed by atoms with E-state index in [4.69, 9.17) is 16.3 Å². The number of hydrazone groups is 1. The average molecular weight is 321 g/mol. The number of phenols is 2. The number of hydrogen-bond acceptors (Lipinski definition) is 5. The van der Waals surface area contributed by atoms with E-state index in [1.807, 2.05) is 0 Å². The zero-order chi connectivity index (χ0) is 16.1. The number of benzene rings is 2. The van der Waals surface area contributed by atoms with Crippen LogP contribution >= 0.6 is 11.6 Å². The van der Waals surface area contributed by atoms with E-state index in [1.54, 1.807) is 18.2 Å². The molecule has 0 aliphatic carbocycles. The first kappa shape index (κ1) is 15.7. The number of nitrogens with one attached hydrogen (secondary N) is 1. The van der Waals surface area contributed by atoms with Crippen molar-refractivity contribution >= 4 is 23.7 Å². The minimum Gasteiger partial charge on any atom is -0.504 e. The Balaban J connectivity index is 2.10. The smallest absolute Gasteiger partial charge is 0.271 e. The summed E-state index contributed by atoms with van der Waals surface area (Å²) in [5.74, 6) is -1.03. The Morgan fingerprint density at radius 3 is 2.77 bits per heavy atom. The number of aromatic hydroxyl groups is 2. The van der Waals surface area contributed by atoms with E-state index in [1.165, 1.54) is 31.5 Å². The Morgan fingerprint density at radius 2 is 2.09 bits per heavy atom. The lowest BCUT2D eigenvalue weighted by Crippen LogP contribution is -2.17. The molecule has 0 spiro atoms. The first-order valence-electron chi connectivity index (χ1n) is 6.20. The third-order valence-corrected chi connectivity index (χ3v) is 3.00. The molecule has 0 aliphatic heterocycles. The third-order valence-electron chi connectivity index (χ3n) is 2.76.